The average Bonchev–Trinajstić information content (AvgIpc) is 2.40. The number of carboxylic acids is 1. The first-order valence-electron chi connectivity index (χ1n) is 6.03. The molecule has 0 spiro atoms. The van der Waals surface area contributed by atoms with Crippen LogP contribution in [-0.4, -0.2) is 17.0 Å². The molecule has 0 fully saturated rings. The van der Waals surface area contributed by atoms with E-state index in [-0.39, 0.29) is 22.9 Å². The second-order valence-electron chi connectivity index (χ2n) is 4.35. The van der Waals surface area contributed by atoms with Crippen molar-refractivity contribution in [3.05, 3.63) is 64.4 Å². The van der Waals surface area contributed by atoms with Gasteiger partial charge in [-0.2, -0.15) is 0 Å². The third-order valence-electron chi connectivity index (χ3n) is 2.74. The van der Waals surface area contributed by atoms with Crippen LogP contribution in [0.25, 0.3) is 0 Å². The molecule has 0 saturated carbocycles. The fraction of sp³-hybridized carbons (Fsp3) is 0.0667. The van der Waals surface area contributed by atoms with Gasteiger partial charge in [-0.25, -0.2) is 9.18 Å². The molecular formula is C15H11ClFNO3. The van der Waals surface area contributed by atoms with Crippen LogP contribution in [0.2, 0.25) is 5.02 Å². The molecule has 6 heteroatoms. The number of halogens is 2. The molecule has 2 aromatic carbocycles. The van der Waals surface area contributed by atoms with Gasteiger partial charge in [-0.3, -0.25) is 4.79 Å². The Morgan fingerprint density at radius 3 is 2.57 bits per heavy atom. The highest BCUT2D eigenvalue weighted by atomic mass is 35.5. The molecular weight excluding hydrogens is 297 g/mol. The van der Waals surface area contributed by atoms with Crippen LogP contribution in [0.4, 0.5) is 10.1 Å². The smallest absolute Gasteiger partial charge is 0.335 e. The molecule has 2 rings (SSSR count). The van der Waals surface area contributed by atoms with Crippen LogP contribution in [0.5, 0.6) is 0 Å². The van der Waals surface area contributed by atoms with Crippen molar-refractivity contribution in [2.75, 3.05) is 5.32 Å². The molecule has 0 aliphatic heterocycles. The van der Waals surface area contributed by atoms with Crippen molar-refractivity contribution in [2.24, 2.45) is 0 Å². The molecule has 0 unspecified atom stereocenters. The Balaban J connectivity index is 2.08. The van der Waals surface area contributed by atoms with Crippen LogP contribution in [0.1, 0.15) is 15.9 Å². The maximum absolute atomic E-state index is 13.0. The van der Waals surface area contributed by atoms with Gasteiger partial charge in [-0.05, 0) is 35.9 Å². The van der Waals surface area contributed by atoms with Gasteiger partial charge in [0.25, 0.3) is 0 Å². The Bertz CT molecular complexity index is 703. The number of anilines is 1. The Morgan fingerprint density at radius 1 is 1.19 bits per heavy atom. The summed E-state index contributed by atoms with van der Waals surface area (Å²) in [5.41, 5.74) is 0.872. The molecule has 0 aliphatic rings. The van der Waals surface area contributed by atoms with Gasteiger partial charge in [-0.1, -0.05) is 23.7 Å². The molecule has 0 heterocycles. The third kappa shape index (κ3) is 4.03. The number of carbonyl (C=O) groups is 2. The lowest BCUT2D eigenvalue weighted by atomic mass is 10.1. The summed E-state index contributed by atoms with van der Waals surface area (Å²) in [6.45, 7) is 0. The normalized spacial score (nSPS) is 10.2. The molecule has 0 radical (unpaired) electrons. The molecule has 2 aromatic rings. The first-order valence-corrected chi connectivity index (χ1v) is 6.40. The molecule has 0 aromatic heterocycles. The molecule has 1 amide bonds. The quantitative estimate of drug-likeness (QED) is 0.910. The average molecular weight is 308 g/mol. The predicted octanol–water partition coefficient (Wildman–Crippen LogP) is 3.36. The van der Waals surface area contributed by atoms with Crippen LogP contribution in [-0.2, 0) is 11.2 Å². The fourth-order valence-corrected chi connectivity index (χ4v) is 2.00. The van der Waals surface area contributed by atoms with E-state index in [0.29, 0.717) is 11.3 Å². The number of carbonyl (C=O) groups excluding carboxylic acids is 1. The number of aromatic carboxylic acids is 1. The van der Waals surface area contributed by atoms with Crippen molar-refractivity contribution in [1.82, 2.24) is 0 Å². The number of hydrogen-bond acceptors (Lipinski definition) is 2. The molecule has 0 aliphatic carbocycles. The second kappa shape index (κ2) is 6.37. The first kappa shape index (κ1) is 15.0. The summed E-state index contributed by atoms with van der Waals surface area (Å²) in [6, 6.07) is 9.73. The van der Waals surface area contributed by atoms with Gasteiger partial charge < -0.3 is 10.4 Å². The van der Waals surface area contributed by atoms with Crippen LogP contribution in [0.15, 0.2) is 42.5 Å². The van der Waals surface area contributed by atoms with E-state index in [4.69, 9.17) is 16.7 Å². The van der Waals surface area contributed by atoms with E-state index in [0.717, 1.165) is 0 Å². The highest BCUT2D eigenvalue weighted by Crippen LogP contribution is 2.23. The maximum atomic E-state index is 13.0. The lowest BCUT2D eigenvalue weighted by Crippen LogP contribution is -2.15. The van der Waals surface area contributed by atoms with E-state index in [9.17, 15) is 14.0 Å². The number of nitrogens with one attached hydrogen (secondary N) is 1. The van der Waals surface area contributed by atoms with Crippen molar-refractivity contribution < 1.29 is 19.1 Å². The highest BCUT2D eigenvalue weighted by molar-refractivity contribution is 6.34. The zero-order chi connectivity index (χ0) is 15.4. The standard InChI is InChI=1S/C15H11ClFNO3/c16-12-8-10(15(20)21)4-5-13(12)18-14(19)7-9-2-1-3-11(17)6-9/h1-6,8H,7H2,(H,18,19)(H,20,21). The Hall–Kier alpha value is -2.40. The summed E-state index contributed by atoms with van der Waals surface area (Å²) in [6.07, 6.45) is -0.00519. The van der Waals surface area contributed by atoms with Crippen LogP contribution in [0, 0.1) is 5.82 Å². The van der Waals surface area contributed by atoms with E-state index < -0.39 is 11.8 Å². The number of carboxylic acid groups (broad SMARTS) is 1. The molecule has 2 N–H and O–H groups in total. The topological polar surface area (TPSA) is 66.4 Å². The van der Waals surface area contributed by atoms with E-state index in [1.54, 1.807) is 6.07 Å². The molecule has 0 bridgehead atoms. The Labute approximate surface area is 125 Å². The fourth-order valence-electron chi connectivity index (χ4n) is 1.78. The highest BCUT2D eigenvalue weighted by Gasteiger charge is 2.10. The summed E-state index contributed by atoms with van der Waals surface area (Å²) in [4.78, 5) is 22.6. The molecule has 21 heavy (non-hydrogen) atoms. The summed E-state index contributed by atoms with van der Waals surface area (Å²) < 4.78 is 13.0. The lowest BCUT2D eigenvalue weighted by Gasteiger charge is -2.08. The van der Waals surface area contributed by atoms with Gasteiger partial charge in [0.2, 0.25) is 5.91 Å². The Kier molecular flexibility index (Phi) is 4.55. The minimum absolute atomic E-state index is 0.00519. The molecule has 4 nitrogen and oxygen atoms in total. The summed E-state index contributed by atoms with van der Waals surface area (Å²) in [5, 5.41) is 11.5. The number of rotatable bonds is 4. The summed E-state index contributed by atoms with van der Waals surface area (Å²) in [7, 11) is 0. The monoisotopic (exact) mass is 307 g/mol. The van der Waals surface area contributed by atoms with Gasteiger partial charge >= 0.3 is 5.97 Å². The number of hydrogen-bond donors (Lipinski definition) is 2. The lowest BCUT2D eigenvalue weighted by molar-refractivity contribution is -0.115. The van der Waals surface area contributed by atoms with Crippen molar-refractivity contribution in [2.45, 2.75) is 6.42 Å². The predicted molar refractivity (Wildman–Crippen MR) is 77.1 cm³/mol. The summed E-state index contributed by atoms with van der Waals surface area (Å²) in [5.74, 6) is -1.88. The Morgan fingerprint density at radius 2 is 1.95 bits per heavy atom. The van der Waals surface area contributed by atoms with Crippen LogP contribution < -0.4 is 5.32 Å². The number of benzene rings is 2. The summed E-state index contributed by atoms with van der Waals surface area (Å²) >= 11 is 5.91. The van der Waals surface area contributed by atoms with Crippen molar-refractivity contribution in [1.29, 1.82) is 0 Å². The molecule has 108 valence electrons. The minimum Gasteiger partial charge on any atom is -0.478 e. The van der Waals surface area contributed by atoms with Crippen molar-refractivity contribution in [3.8, 4) is 0 Å². The van der Waals surface area contributed by atoms with E-state index >= 15 is 0 Å². The van der Waals surface area contributed by atoms with Gasteiger partial charge in [-0.15, -0.1) is 0 Å². The van der Waals surface area contributed by atoms with Gasteiger partial charge in [0.05, 0.1) is 22.7 Å². The van der Waals surface area contributed by atoms with Crippen molar-refractivity contribution >= 4 is 29.2 Å². The SMILES string of the molecule is O=C(Cc1cccc(F)c1)Nc1ccc(C(=O)O)cc1Cl. The largest absolute Gasteiger partial charge is 0.478 e. The molecule has 0 saturated heterocycles. The zero-order valence-electron chi connectivity index (χ0n) is 10.8. The zero-order valence-corrected chi connectivity index (χ0v) is 11.5. The molecule has 0 atom stereocenters. The van der Waals surface area contributed by atoms with Gasteiger partial charge in [0.1, 0.15) is 5.82 Å². The first-order chi connectivity index (χ1) is 9.95. The van der Waals surface area contributed by atoms with E-state index in [2.05, 4.69) is 5.32 Å². The maximum Gasteiger partial charge on any atom is 0.335 e. The second-order valence-corrected chi connectivity index (χ2v) is 4.76. The van der Waals surface area contributed by atoms with Crippen LogP contribution in [0.3, 0.4) is 0 Å². The van der Waals surface area contributed by atoms with E-state index in [1.807, 2.05) is 0 Å². The number of amides is 1. The third-order valence-corrected chi connectivity index (χ3v) is 3.06. The van der Waals surface area contributed by atoms with E-state index in [1.165, 1.54) is 36.4 Å². The van der Waals surface area contributed by atoms with Crippen molar-refractivity contribution in [3.63, 3.8) is 0 Å². The van der Waals surface area contributed by atoms with Gasteiger partial charge in [0.15, 0.2) is 0 Å². The van der Waals surface area contributed by atoms with Crippen LogP contribution >= 0.6 is 11.6 Å². The van der Waals surface area contributed by atoms with Gasteiger partial charge in [0, 0.05) is 0 Å². The minimum atomic E-state index is -1.10.